The third-order valence-corrected chi connectivity index (χ3v) is 9.85. The Balaban J connectivity index is 1.44. The number of aromatic nitrogens is 1. The highest BCUT2D eigenvalue weighted by Crippen LogP contribution is 2.68. The molecule has 1 heterocycles. The summed E-state index contributed by atoms with van der Waals surface area (Å²) >= 11 is 0. The first-order valence-corrected chi connectivity index (χ1v) is 11.4. The van der Waals surface area contributed by atoms with Gasteiger partial charge in [0.15, 0.2) is 0 Å². The number of pyridine rings is 1. The van der Waals surface area contributed by atoms with Crippen molar-refractivity contribution in [1.29, 1.82) is 0 Å². The summed E-state index contributed by atoms with van der Waals surface area (Å²) in [5.74, 6) is 3.57. The van der Waals surface area contributed by atoms with Crippen LogP contribution in [0.15, 0.2) is 35.8 Å². The molecule has 4 aliphatic rings. The van der Waals surface area contributed by atoms with Gasteiger partial charge < -0.3 is 0 Å². The molecule has 1 aromatic rings. The molecule has 0 amide bonds. The van der Waals surface area contributed by atoms with Crippen LogP contribution in [0.4, 0.5) is 0 Å². The van der Waals surface area contributed by atoms with Crippen molar-refractivity contribution in [2.75, 3.05) is 0 Å². The maximum atomic E-state index is 11.3. The van der Waals surface area contributed by atoms with Gasteiger partial charge in [0.25, 0.3) is 0 Å². The molecule has 0 aromatic carbocycles. The molecular formula is C25H34N2O. The van der Waals surface area contributed by atoms with E-state index in [-0.39, 0.29) is 6.04 Å². The number of hydrogen-bond donors (Lipinski definition) is 0. The molecule has 0 aliphatic heterocycles. The lowest BCUT2D eigenvalue weighted by Crippen LogP contribution is -2.55. The van der Waals surface area contributed by atoms with Crippen molar-refractivity contribution in [2.24, 2.45) is 45.6 Å². The van der Waals surface area contributed by atoms with Gasteiger partial charge in [-0.15, -0.1) is 0 Å². The molecule has 8 unspecified atom stereocenters. The smallest absolute Gasteiger partial charge is 0.0948 e. The van der Waals surface area contributed by atoms with Crippen molar-refractivity contribution in [3.63, 3.8) is 0 Å². The molecular weight excluding hydrogens is 344 g/mol. The first kappa shape index (κ1) is 18.5. The minimum Gasteiger partial charge on any atom is -0.264 e. The molecule has 3 saturated carbocycles. The van der Waals surface area contributed by atoms with E-state index in [1.54, 1.807) is 5.57 Å². The van der Waals surface area contributed by atoms with Gasteiger partial charge in [-0.2, -0.15) is 4.91 Å². The number of rotatable bonds is 2. The van der Waals surface area contributed by atoms with Crippen LogP contribution in [0.25, 0.3) is 5.57 Å². The number of allylic oxidation sites excluding steroid dienone is 2. The van der Waals surface area contributed by atoms with E-state index in [4.69, 9.17) is 0 Å². The van der Waals surface area contributed by atoms with Crippen molar-refractivity contribution >= 4 is 5.57 Å². The lowest BCUT2D eigenvalue weighted by Gasteiger charge is -2.62. The average Bonchev–Trinajstić information content (AvgIpc) is 3.06. The predicted molar refractivity (Wildman–Crippen MR) is 113 cm³/mol. The number of nitrogens with zero attached hydrogens (tertiary/aromatic N) is 2. The fourth-order valence-corrected chi connectivity index (χ4v) is 8.40. The lowest BCUT2D eigenvalue weighted by molar-refractivity contribution is -0.115. The van der Waals surface area contributed by atoms with Gasteiger partial charge >= 0.3 is 0 Å². The second-order valence-corrected chi connectivity index (χ2v) is 10.7. The summed E-state index contributed by atoms with van der Waals surface area (Å²) in [4.78, 5) is 15.7. The molecule has 28 heavy (non-hydrogen) atoms. The highest BCUT2D eigenvalue weighted by atomic mass is 16.3. The topological polar surface area (TPSA) is 42.3 Å². The lowest BCUT2D eigenvalue weighted by atomic mass is 9.43. The average molecular weight is 379 g/mol. The second kappa shape index (κ2) is 6.50. The zero-order valence-electron chi connectivity index (χ0n) is 17.6. The van der Waals surface area contributed by atoms with Crippen molar-refractivity contribution < 1.29 is 0 Å². The zero-order chi connectivity index (χ0) is 19.5. The Bertz CT molecular complexity index is 789. The van der Waals surface area contributed by atoms with E-state index in [0.717, 1.165) is 24.2 Å². The van der Waals surface area contributed by atoms with Crippen LogP contribution in [0.2, 0.25) is 0 Å². The molecule has 0 bridgehead atoms. The Morgan fingerprint density at radius 1 is 1.07 bits per heavy atom. The van der Waals surface area contributed by atoms with Crippen LogP contribution in [0, 0.1) is 45.3 Å². The molecule has 150 valence electrons. The fourth-order valence-electron chi connectivity index (χ4n) is 8.40. The molecule has 1 aromatic heterocycles. The minimum absolute atomic E-state index is 0.0498. The largest absolute Gasteiger partial charge is 0.264 e. The molecule has 3 nitrogen and oxygen atoms in total. The molecule has 3 fully saturated rings. The standard InChI is InChI=1S/C25H34N2O/c1-16-19-7-6-18-21-9-8-20(17-5-4-14-26-15-17)25(21,3)12-10-22(18)24(19,2)13-11-23(16)27-28/h4-5,8,14-16,18-19,21-23H,6-7,9-13H2,1-3H3. The fraction of sp³-hybridized carbons (Fsp3) is 0.720. The van der Waals surface area contributed by atoms with Crippen LogP contribution < -0.4 is 0 Å². The number of hydrogen-bond acceptors (Lipinski definition) is 3. The van der Waals surface area contributed by atoms with Crippen LogP contribution in [0.5, 0.6) is 0 Å². The molecule has 3 heteroatoms. The quantitative estimate of drug-likeness (QED) is 0.551. The van der Waals surface area contributed by atoms with Gasteiger partial charge in [-0.1, -0.05) is 38.1 Å². The van der Waals surface area contributed by atoms with Crippen molar-refractivity contribution in [1.82, 2.24) is 4.98 Å². The number of nitroso groups, excluding NO2 is 1. The summed E-state index contributed by atoms with van der Waals surface area (Å²) in [6.07, 6.45) is 15.2. The first-order chi connectivity index (χ1) is 13.5. The van der Waals surface area contributed by atoms with Crippen LogP contribution in [-0.2, 0) is 0 Å². The highest BCUT2D eigenvalue weighted by Gasteiger charge is 2.60. The van der Waals surface area contributed by atoms with Crippen molar-refractivity contribution in [3.8, 4) is 0 Å². The van der Waals surface area contributed by atoms with Crippen molar-refractivity contribution in [3.05, 3.63) is 41.1 Å². The van der Waals surface area contributed by atoms with Crippen LogP contribution >= 0.6 is 0 Å². The molecule has 0 spiro atoms. The molecule has 0 saturated heterocycles. The van der Waals surface area contributed by atoms with E-state index < -0.39 is 0 Å². The second-order valence-electron chi connectivity index (χ2n) is 10.7. The van der Waals surface area contributed by atoms with E-state index in [0.29, 0.717) is 22.7 Å². The third-order valence-electron chi connectivity index (χ3n) is 9.85. The number of fused-ring (bicyclic) bond motifs is 5. The Labute approximate surface area is 169 Å². The summed E-state index contributed by atoms with van der Waals surface area (Å²) in [5, 5.41) is 3.50. The zero-order valence-corrected chi connectivity index (χ0v) is 17.6. The maximum absolute atomic E-state index is 11.3. The van der Waals surface area contributed by atoms with E-state index in [2.05, 4.69) is 55.3 Å². The SMILES string of the molecule is CC1C(N=O)CCC2(C)C1CCC1C3CC=C(c4cccnc4)C3(C)CCC12. The summed E-state index contributed by atoms with van der Waals surface area (Å²) in [7, 11) is 0. The van der Waals surface area contributed by atoms with Gasteiger partial charge in [0.1, 0.15) is 0 Å². The van der Waals surface area contributed by atoms with E-state index in [1.165, 1.54) is 44.1 Å². The van der Waals surface area contributed by atoms with Crippen molar-refractivity contribution in [2.45, 2.75) is 71.8 Å². The van der Waals surface area contributed by atoms with Crippen LogP contribution in [0.3, 0.4) is 0 Å². The van der Waals surface area contributed by atoms with Gasteiger partial charge in [-0.05, 0) is 103 Å². The van der Waals surface area contributed by atoms with Gasteiger partial charge in [0, 0.05) is 12.4 Å². The molecule has 0 radical (unpaired) electrons. The molecule has 8 atom stereocenters. The van der Waals surface area contributed by atoms with E-state index in [9.17, 15) is 4.91 Å². The Kier molecular flexibility index (Phi) is 4.30. The van der Waals surface area contributed by atoms with Crippen LogP contribution in [0.1, 0.15) is 71.3 Å². The van der Waals surface area contributed by atoms with Gasteiger partial charge in [-0.3, -0.25) is 4.98 Å². The molecule has 5 rings (SSSR count). The van der Waals surface area contributed by atoms with E-state index in [1.807, 2.05) is 6.20 Å². The normalized spacial score (nSPS) is 47.5. The highest BCUT2D eigenvalue weighted by molar-refractivity contribution is 5.72. The minimum atomic E-state index is 0.0498. The Hall–Kier alpha value is -1.51. The predicted octanol–water partition coefficient (Wildman–Crippen LogP) is 6.50. The van der Waals surface area contributed by atoms with Gasteiger partial charge in [0.05, 0.1) is 6.04 Å². The summed E-state index contributed by atoms with van der Waals surface area (Å²) in [5.41, 5.74) is 3.60. The first-order valence-electron chi connectivity index (χ1n) is 11.4. The van der Waals surface area contributed by atoms with E-state index >= 15 is 0 Å². The monoisotopic (exact) mass is 378 g/mol. The summed E-state index contributed by atoms with van der Waals surface area (Å²) < 4.78 is 0. The summed E-state index contributed by atoms with van der Waals surface area (Å²) in [6.45, 7) is 7.40. The van der Waals surface area contributed by atoms with Crippen LogP contribution in [-0.4, -0.2) is 11.0 Å². The molecule has 4 aliphatic carbocycles. The third kappa shape index (κ3) is 2.44. The Morgan fingerprint density at radius 2 is 1.93 bits per heavy atom. The Morgan fingerprint density at radius 3 is 2.68 bits per heavy atom. The molecule has 0 N–H and O–H groups in total. The maximum Gasteiger partial charge on any atom is 0.0948 e. The van der Waals surface area contributed by atoms with Gasteiger partial charge in [0.2, 0.25) is 0 Å². The van der Waals surface area contributed by atoms with Gasteiger partial charge in [-0.25, -0.2) is 0 Å². The summed E-state index contributed by atoms with van der Waals surface area (Å²) in [6, 6.07) is 4.37.